The average molecular weight is 277 g/mol. The van der Waals surface area contributed by atoms with E-state index in [1.807, 2.05) is 0 Å². The number of nitrogens with two attached hydrogens (primary N) is 1. The summed E-state index contributed by atoms with van der Waals surface area (Å²) in [6, 6.07) is 4.64. The van der Waals surface area contributed by atoms with Crippen molar-refractivity contribution in [2.75, 3.05) is 25.3 Å². The number of anilines is 2. The lowest BCUT2D eigenvalue weighted by Crippen LogP contribution is -2.14. The van der Waals surface area contributed by atoms with Crippen molar-refractivity contribution in [2.24, 2.45) is 0 Å². The maximum atomic E-state index is 12.1. The van der Waals surface area contributed by atoms with Crippen LogP contribution in [-0.4, -0.2) is 25.3 Å². The quantitative estimate of drug-likeness (QED) is 0.827. The Kier molecular flexibility index (Phi) is 3.79. The molecule has 1 aromatic heterocycles. The van der Waals surface area contributed by atoms with Crippen molar-refractivity contribution in [3.63, 3.8) is 0 Å². The summed E-state index contributed by atoms with van der Waals surface area (Å²) in [5.74, 6) is 0.707. The molecule has 1 aromatic carbocycles. The highest BCUT2D eigenvalue weighted by atomic mass is 16.5. The molecule has 0 saturated carbocycles. The predicted octanol–water partition coefficient (Wildman–Crippen LogP) is 1.83. The van der Waals surface area contributed by atoms with Crippen LogP contribution in [0, 0.1) is 6.92 Å². The molecule has 1 amide bonds. The molecular formula is C13H15N3O4. The Morgan fingerprint density at radius 3 is 2.45 bits per heavy atom. The van der Waals surface area contributed by atoms with Crippen molar-refractivity contribution in [3.05, 3.63) is 29.5 Å². The molecule has 3 N–H and O–H groups in total. The summed E-state index contributed by atoms with van der Waals surface area (Å²) < 4.78 is 15.2. The molecule has 0 saturated heterocycles. The second-order valence-electron chi connectivity index (χ2n) is 4.08. The smallest absolute Gasteiger partial charge is 0.260 e. The Labute approximate surface area is 115 Å². The highest BCUT2D eigenvalue weighted by molar-refractivity contribution is 6.07. The third kappa shape index (κ3) is 2.66. The number of nitrogen functional groups attached to an aromatic ring is 1. The highest BCUT2D eigenvalue weighted by Gasteiger charge is 2.16. The Bertz CT molecular complexity index is 637. The topological polar surface area (TPSA) is 99.6 Å². The summed E-state index contributed by atoms with van der Waals surface area (Å²) in [6.45, 7) is 1.75. The number of carbonyl (C=O) groups excluding carboxylic acids is 1. The van der Waals surface area contributed by atoms with Gasteiger partial charge in [-0.15, -0.1) is 0 Å². The second-order valence-corrected chi connectivity index (χ2v) is 4.08. The summed E-state index contributed by atoms with van der Waals surface area (Å²) in [5.41, 5.74) is 7.04. The number of nitrogens with zero attached hydrogens (tertiary/aromatic N) is 1. The number of nitrogens with one attached hydrogen (secondary N) is 1. The monoisotopic (exact) mass is 277 g/mol. The van der Waals surface area contributed by atoms with Crippen LogP contribution in [0.4, 0.5) is 11.6 Å². The van der Waals surface area contributed by atoms with Gasteiger partial charge in [0.25, 0.3) is 5.91 Å². The van der Waals surface area contributed by atoms with Crippen LogP contribution < -0.4 is 20.5 Å². The zero-order valence-electron chi connectivity index (χ0n) is 11.4. The molecule has 7 heteroatoms. The molecule has 0 fully saturated rings. The van der Waals surface area contributed by atoms with Gasteiger partial charge in [0.1, 0.15) is 0 Å². The number of aromatic nitrogens is 1. The average Bonchev–Trinajstić information content (AvgIpc) is 2.83. The van der Waals surface area contributed by atoms with Crippen LogP contribution in [0.3, 0.4) is 0 Å². The molecule has 0 spiro atoms. The molecule has 2 aromatic rings. The molecule has 0 atom stereocenters. The van der Waals surface area contributed by atoms with Crippen molar-refractivity contribution in [2.45, 2.75) is 6.92 Å². The van der Waals surface area contributed by atoms with E-state index in [0.29, 0.717) is 17.2 Å². The molecule has 0 aliphatic carbocycles. The summed E-state index contributed by atoms with van der Waals surface area (Å²) in [6.07, 6.45) is 0. The van der Waals surface area contributed by atoms with Crippen LogP contribution in [0.2, 0.25) is 0 Å². The van der Waals surface area contributed by atoms with Gasteiger partial charge < -0.3 is 19.7 Å². The van der Waals surface area contributed by atoms with E-state index in [9.17, 15) is 4.79 Å². The third-order valence-corrected chi connectivity index (χ3v) is 2.67. The van der Waals surface area contributed by atoms with E-state index in [1.165, 1.54) is 26.4 Å². The van der Waals surface area contributed by atoms with Gasteiger partial charge in [-0.05, 0) is 13.0 Å². The Hall–Kier alpha value is -2.70. The molecule has 0 aliphatic heterocycles. The summed E-state index contributed by atoms with van der Waals surface area (Å²) in [5, 5.41) is 6.25. The van der Waals surface area contributed by atoms with Crippen molar-refractivity contribution < 1.29 is 18.8 Å². The van der Waals surface area contributed by atoms with Gasteiger partial charge in [-0.2, -0.15) is 0 Å². The molecule has 20 heavy (non-hydrogen) atoms. The largest absolute Gasteiger partial charge is 0.493 e. The maximum absolute atomic E-state index is 12.1. The van der Waals surface area contributed by atoms with Crippen LogP contribution in [0.1, 0.15) is 16.1 Å². The number of hydrogen-bond acceptors (Lipinski definition) is 6. The molecule has 0 unspecified atom stereocenters. The zero-order valence-corrected chi connectivity index (χ0v) is 11.4. The first kappa shape index (κ1) is 13.7. The Morgan fingerprint density at radius 1 is 1.25 bits per heavy atom. The molecule has 1 heterocycles. The van der Waals surface area contributed by atoms with Gasteiger partial charge in [0.05, 0.1) is 25.5 Å². The van der Waals surface area contributed by atoms with Gasteiger partial charge in [-0.25, -0.2) is 0 Å². The van der Waals surface area contributed by atoms with E-state index in [1.54, 1.807) is 13.0 Å². The number of benzene rings is 1. The lowest BCUT2D eigenvalue weighted by molar-refractivity contribution is 0.102. The second kappa shape index (κ2) is 5.52. The molecule has 2 rings (SSSR count). The SMILES string of the molecule is COc1cc(N)c(C(=O)Nc2cc(C)no2)cc1OC. The van der Waals surface area contributed by atoms with Gasteiger partial charge in [0.15, 0.2) is 11.5 Å². The molecule has 7 nitrogen and oxygen atoms in total. The summed E-state index contributed by atoms with van der Waals surface area (Å²) >= 11 is 0. The number of carbonyl (C=O) groups is 1. The fourth-order valence-corrected chi connectivity index (χ4v) is 1.69. The van der Waals surface area contributed by atoms with Gasteiger partial charge in [0.2, 0.25) is 5.88 Å². The molecule has 0 aliphatic rings. The first-order chi connectivity index (χ1) is 9.55. The number of ether oxygens (including phenoxy) is 2. The van der Waals surface area contributed by atoms with E-state index in [0.717, 1.165) is 0 Å². The number of hydrogen-bond donors (Lipinski definition) is 2. The van der Waals surface area contributed by atoms with Crippen molar-refractivity contribution in [1.82, 2.24) is 5.16 Å². The standard InChI is InChI=1S/C13H15N3O4/c1-7-4-12(20-16-7)15-13(17)8-5-10(18-2)11(19-3)6-9(8)14/h4-6H,14H2,1-3H3,(H,15,17). The van der Waals surface area contributed by atoms with Crippen molar-refractivity contribution >= 4 is 17.5 Å². The first-order valence-corrected chi connectivity index (χ1v) is 5.81. The molecule has 0 bridgehead atoms. The molecular weight excluding hydrogens is 262 g/mol. The van der Waals surface area contributed by atoms with E-state index >= 15 is 0 Å². The third-order valence-electron chi connectivity index (χ3n) is 2.67. The Balaban J connectivity index is 2.29. The minimum atomic E-state index is -0.417. The fraction of sp³-hybridized carbons (Fsp3) is 0.231. The van der Waals surface area contributed by atoms with E-state index < -0.39 is 5.91 Å². The number of rotatable bonds is 4. The summed E-state index contributed by atoms with van der Waals surface area (Å²) in [4.78, 5) is 12.1. The van der Waals surface area contributed by atoms with E-state index in [-0.39, 0.29) is 17.1 Å². The Morgan fingerprint density at radius 2 is 1.90 bits per heavy atom. The minimum Gasteiger partial charge on any atom is -0.493 e. The number of methoxy groups -OCH3 is 2. The number of aryl methyl sites for hydroxylation is 1. The highest BCUT2D eigenvalue weighted by Crippen LogP contribution is 2.32. The maximum Gasteiger partial charge on any atom is 0.260 e. The van der Waals surface area contributed by atoms with Gasteiger partial charge in [-0.1, -0.05) is 5.16 Å². The first-order valence-electron chi connectivity index (χ1n) is 5.81. The fourth-order valence-electron chi connectivity index (χ4n) is 1.69. The lowest BCUT2D eigenvalue weighted by atomic mass is 10.1. The van der Waals surface area contributed by atoms with E-state index in [2.05, 4.69) is 10.5 Å². The lowest BCUT2D eigenvalue weighted by Gasteiger charge is -2.11. The van der Waals surface area contributed by atoms with Gasteiger partial charge in [-0.3, -0.25) is 10.1 Å². The van der Waals surface area contributed by atoms with Gasteiger partial charge >= 0.3 is 0 Å². The minimum absolute atomic E-state index is 0.252. The molecule has 106 valence electrons. The van der Waals surface area contributed by atoms with Gasteiger partial charge in [0, 0.05) is 17.8 Å². The summed E-state index contributed by atoms with van der Waals surface area (Å²) in [7, 11) is 2.98. The van der Waals surface area contributed by atoms with Crippen LogP contribution in [-0.2, 0) is 0 Å². The van der Waals surface area contributed by atoms with Crippen LogP contribution >= 0.6 is 0 Å². The predicted molar refractivity (Wildman–Crippen MR) is 73.2 cm³/mol. The van der Waals surface area contributed by atoms with Crippen LogP contribution in [0.5, 0.6) is 11.5 Å². The van der Waals surface area contributed by atoms with E-state index in [4.69, 9.17) is 19.7 Å². The zero-order chi connectivity index (χ0) is 14.7. The van der Waals surface area contributed by atoms with Crippen molar-refractivity contribution in [1.29, 1.82) is 0 Å². The number of amides is 1. The van der Waals surface area contributed by atoms with Crippen LogP contribution in [0.25, 0.3) is 0 Å². The molecule has 0 radical (unpaired) electrons. The van der Waals surface area contributed by atoms with Crippen molar-refractivity contribution in [3.8, 4) is 11.5 Å². The van der Waals surface area contributed by atoms with Crippen LogP contribution in [0.15, 0.2) is 22.7 Å². The normalized spacial score (nSPS) is 10.2.